The highest BCUT2D eigenvalue weighted by Crippen LogP contribution is 2.17. The molecule has 0 spiro atoms. The number of carbonyl (C=O) groups is 1. The largest absolute Gasteiger partial charge is 0.361 e. The zero-order valence-electron chi connectivity index (χ0n) is 13.8. The SMILES string of the molecule is CCN(Cc1ccc2[nH]ccc2c1)C(=O)CCc1ccccc1F. The van der Waals surface area contributed by atoms with E-state index in [0.29, 0.717) is 31.5 Å². The number of hydrogen-bond donors (Lipinski definition) is 1. The van der Waals surface area contributed by atoms with Crippen LogP contribution in [0, 0.1) is 5.82 Å². The molecule has 1 N–H and O–H groups in total. The number of nitrogens with zero attached hydrogens (tertiary/aromatic N) is 1. The highest BCUT2D eigenvalue weighted by atomic mass is 19.1. The van der Waals surface area contributed by atoms with Crippen molar-refractivity contribution in [2.24, 2.45) is 0 Å². The van der Waals surface area contributed by atoms with E-state index in [1.807, 2.05) is 36.2 Å². The van der Waals surface area contributed by atoms with Gasteiger partial charge in [-0.15, -0.1) is 0 Å². The van der Waals surface area contributed by atoms with Gasteiger partial charge in [-0.2, -0.15) is 0 Å². The molecular weight excluding hydrogens is 303 g/mol. The fourth-order valence-electron chi connectivity index (χ4n) is 2.90. The molecule has 3 rings (SSSR count). The fraction of sp³-hybridized carbons (Fsp3) is 0.250. The Hall–Kier alpha value is -2.62. The normalized spacial score (nSPS) is 10.9. The third kappa shape index (κ3) is 3.65. The van der Waals surface area contributed by atoms with Crippen molar-refractivity contribution >= 4 is 16.8 Å². The average Bonchev–Trinajstić information content (AvgIpc) is 3.06. The van der Waals surface area contributed by atoms with Crippen molar-refractivity contribution in [2.45, 2.75) is 26.3 Å². The predicted octanol–water partition coefficient (Wildman–Crippen LogP) is 4.29. The first-order valence-corrected chi connectivity index (χ1v) is 8.24. The number of fused-ring (bicyclic) bond motifs is 1. The molecule has 3 nitrogen and oxygen atoms in total. The molecule has 0 bridgehead atoms. The topological polar surface area (TPSA) is 36.1 Å². The third-order valence-corrected chi connectivity index (χ3v) is 4.29. The van der Waals surface area contributed by atoms with E-state index in [2.05, 4.69) is 11.1 Å². The number of benzene rings is 2. The van der Waals surface area contributed by atoms with Gasteiger partial charge in [0.05, 0.1) is 0 Å². The second-order valence-corrected chi connectivity index (χ2v) is 5.90. The third-order valence-electron chi connectivity index (χ3n) is 4.29. The van der Waals surface area contributed by atoms with Crippen LogP contribution in [0.4, 0.5) is 4.39 Å². The van der Waals surface area contributed by atoms with E-state index in [-0.39, 0.29) is 11.7 Å². The van der Waals surface area contributed by atoms with Crippen molar-refractivity contribution in [3.63, 3.8) is 0 Å². The summed E-state index contributed by atoms with van der Waals surface area (Å²) in [5.41, 5.74) is 2.78. The molecule has 0 fully saturated rings. The van der Waals surface area contributed by atoms with Gasteiger partial charge in [-0.05, 0) is 54.1 Å². The number of carbonyl (C=O) groups excluding carboxylic acids is 1. The molecule has 2 aromatic carbocycles. The van der Waals surface area contributed by atoms with E-state index in [0.717, 1.165) is 16.5 Å². The van der Waals surface area contributed by atoms with Gasteiger partial charge in [-0.25, -0.2) is 4.39 Å². The van der Waals surface area contributed by atoms with Crippen LogP contribution in [0.3, 0.4) is 0 Å². The van der Waals surface area contributed by atoms with Crippen LogP contribution in [-0.4, -0.2) is 22.3 Å². The minimum Gasteiger partial charge on any atom is -0.361 e. The summed E-state index contributed by atoms with van der Waals surface area (Å²) < 4.78 is 13.7. The Morgan fingerprint density at radius 3 is 2.79 bits per heavy atom. The van der Waals surface area contributed by atoms with Crippen molar-refractivity contribution in [2.75, 3.05) is 6.54 Å². The van der Waals surface area contributed by atoms with Gasteiger partial charge in [0.25, 0.3) is 0 Å². The number of aryl methyl sites for hydroxylation is 1. The second-order valence-electron chi connectivity index (χ2n) is 5.90. The summed E-state index contributed by atoms with van der Waals surface area (Å²) in [4.78, 5) is 17.5. The summed E-state index contributed by atoms with van der Waals surface area (Å²) in [6, 6.07) is 14.8. The minimum absolute atomic E-state index is 0.0509. The van der Waals surface area contributed by atoms with Crippen molar-refractivity contribution in [1.29, 1.82) is 0 Å². The number of aromatic nitrogens is 1. The number of rotatable bonds is 6. The zero-order chi connectivity index (χ0) is 16.9. The number of halogens is 1. The fourth-order valence-corrected chi connectivity index (χ4v) is 2.90. The molecule has 0 saturated carbocycles. The van der Waals surface area contributed by atoms with Crippen LogP contribution in [0.15, 0.2) is 54.7 Å². The second kappa shape index (κ2) is 7.30. The van der Waals surface area contributed by atoms with E-state index in [4.69, 9.17) is 0 Å². The average molecular weight is 324 g/mol. The lowest BCUT2D eigenvalue weighted by atomic mass is 10.1. The summed E-state index contributed by atoms with van der Waals surface area (Å²) in [5, 5.41) is 1.14. The summed E-state index contributed by atoms with van der Waals surface area (Å²) in [6.07, 6.45) is 2.66. The smallest absolute Gasteiger partial charge is 0.223 e. The maximum Gasteiger partial charge on any atom is 0.223 e. The number of nitrogens with one attached hydrogen (secondary N) is 1. The number of amides is 1. The Morgan fingerprint density at radius 1 is 1.17 bits per heavy atom. The molecule has 0 saturated heterocycles. The molecule has 24 heavy (non-hydrogen) atoms. The Balaban J connectivity index is 1.64. The summed E-state index contributed by atoms with van der Waals surface area (Å²) in [5.74, 6) is -0.193. The van der Waals surface area contributed by atoms with Crippen LogP contribution < -0.4 is 0 Å². The molecule has 4 heteroatoms. The van der Waals surface area contributed by atoms with E-state index in [1.165, 1.54) is 6.07 Å². The molecule has 0 aliphatic rings. The van der Waals surface area contributed by atoms with Crippen molar-refractivity contribution in [3.8, 4) is 0 Å². The maximum atomic E-state index is 13.7. The van der Waals surface area contributed by atoms with Crippen LogP contribution in [-0.2, 0) is 17.8 Å². The van der Waals surface area contributed by atoms with Crippen LogP contribution in [0.5, 0.6) is 0 Å². The molecule has 1 aromatic heterocycles. The summed E-state index contributed by atoms with van der Waals surface area (Å²) >= 11 is 0. The first kappa shape index (κ1) is 16.2. The minimum atomic E-state index is -0.244. The summed E-state index contributed by atoms with van der Waals surface area (Å²) in [7, 11) is 0. The molecule has 1 amide bonds. The van der Waals surface area contributed by atoms with Gasteiger partial charge in [-0.3, -0.25) is 4.79 Å². The van der Waals surface area contributed by atoms with Gasteiger partial charge in [0.15, 0.2) is 0 Å². The molecule has 0 radical (unpaired) electrons. The lowest BCUT2D eigenvalue weighted by Crippen LogP contribution is -2.30. The molecule has 0 aliphatic heterocycles. The predicted molar refractivity (Wildman–Crippen MR) is 94.1 cm³/mol. The standard InChI is InChI=1S/C20H21FN2O/c1-2-23(14-15-7-9-19-17(13-15)11-12-22-19)20(24)10-8-16-5-3-4-6-18(16)21/h3-7,9,11-13,22H,2,8,10,14H2,1H3. The van der Waals surface area contributed by atoms with Crippen LogP contribution in [0.1, 0.15) is 24.5 Å². The van der Waals surface area contributed by atoms with E-state index >= 15 is 0 Å². The molecular formula is C20H21FN2O. The molecule has 0 atom stereocenters. The Labute approximate surface area is 141 Å². The number of hydrogen-bond acceptors (Lipinski definition) is 1. The van der Waals surface area contributed by atoms with Crippen LogP contribution >= 0.6 is 0 Å². The first-order chi connectivity index (χ1) is 11.7. The Morgan fingerprint density at radius 2 is 2.00 bits per heavy atom. The van der Waals surface area contributed by atoms with Crippen molar-refractivity contribution in [3.05, 3.63) is 71.7 Å². The monoisotopic (exact) mass is 324 g/mol. The summed E-state index contributed by atoms with van der Waals surface area (Å²) in [6.45, 7) is 3.19. The lowest BCUT2D eigenvalue weighted by molar-refractivity contribution is -0.131. The van der Waals surface area contributed by atoms with E-state index < -0.39 is 0 Å². The van der Waals surface area contributed by atoms with E-state index in [9.17, 15) is 9.18 Å². The van der Waals surface area contributed by atoms with Gasteiger partial charge in [0.1, 0.15) is 5.82 Å². The van der Waals surface area contributed by atoms with Crippen molar-refractivity contribution < 1.29 is 9.18 Å². The molecule has 0 unspecified atom stereocenters. The van der Waals surface area contributed by atoms with Gasteiger partial charge in [0, 0.05) is 31.2 Å². The molecule has 0 aliphatic carbocycles. The highest BCUT2D eigenvalue weighted by molar-refractivity contribution is 5.80. The Kier molecular flexibility index (Phi) is 4.94. The molecule has 1 heterocycles. The highest BCUT2D eigenvalue weighted by Gasteiger charge is 2.13. The van der Waals surface area contributed by atoms with Crippen LogP contribution in [0.25, 0.3) is 10.9 Å². The molecule has 3 aromatic rings. The van der Waals surface area contributed by atoms with Gasteiger partial charge >= 0.3 is 0 Å². The van der Waals surface area contributed by atoms with Crippen LogP contribution in [0.2, 0.25) is 0 Å². The quantitative estimate of drug-likeness (QED) is 0.721. The van der Waals surface area contributed by atoms with E-state index in [1.54, 1.807) is 18.2 Å². The van der Waals surface area contributed by atoms with Crippen molar-refractivity contribution in [1.82, 2.24) is 9.88 Å². The zero-order valence-corrected chi connectivity index (χ0v) is 13.8. The lowest BCUT2D eigenvalue weighted by Gasteiger charge is -2.21. The maximum absolute atomic E-state index is 13.7. The number of aromatic amines is 1. The van der Waals surface area contributed by atoms with Gasteiger partial charge < -0.3 is 9.88 Å². The Bertz CT molecular complexity index is 840. The molecule has 124 valence electrons. The van der Waals surface area contributed by atoms with Gasteiger partial charge in [-0.1, -0.05) is 24.3 Å². The number of H-pyrrole nitrogens is 1. The van der Waals surface area contributed by atoms with Gasteiger partial charge in [0.2, 0.25) is 5.91 Å². The first-order valence-electron chi connectivity index (χ1n) is 8.24.